The molecule has 0 bridgehead atoms. The van der Waals surface area contributed by atoms with E-state index in [0.717, 1.165) is 11.3 Å². The van der Waals surface area contributed by atoms with Crippen LogP contribution in [0.15, 0.2) is 54.9 Å². The molecule has 2 aliphatic rings. The minimum atomic E-state index is -0.927. The highest BCUT2D eigenvalue weighted by atomic mass is 32.2. The van der Waals surface area contributed by atoms with E-state index in [1.165, 1.54) is 4.90 Å². The average molecular weight is 384 g/mol. The number of thioether (sulfide) groups is 1. The number of fused-ring (bicyclic) bond motifs is 1. The van der Waals surface area contributed by atoms with E-state index in [-0.39, 0.29) is 17.3 Å². The van der Waals surface area contributed by atoms with Crippen LogP contribution in [-0.2, 0) is 5.54 Å². The minimum Gasteiger partial charge on any atom is -0.465 e. The minimum absolute atomic E-state index is 0.104. The molecule has 1 aromatic heterocycles. The van der Waals surface area contributed by atoms with E-state index in [2.05, 4.69) is 15.6 Å². The zero-order chi connectivity index (χ0) is 18.9. The third-order valence-corrected chi connectivity index (χ3v) is 6.34. The Morgan fingerprint density at radius 1 is 1.26 bits per heavy atom. The summed E-state index contributed by atoms with van der Waals surface area (Å²) >= 11 is 1.59. The molecule has 0 aliphatic carbocycles. The number of aromatic nitrogens is 1. The van der Waals surface area contributed by atoms with Gasteiger partial charge in [0.05, 0.1) is 5.54 Å². The van der Waals surface area contributed by atoms with E-state index in [1.807, 2.05) is 30.3 Å². The van der Waals surface area contributed by atoms with Gasteiger partial charge in [-0.3, -0.25) is 15.1 Å². The lowest BCUT2D eigenvalue weighted by Crippen LogP contribution is -2.61. The van der Waals surface area contributed by atoms with Crippen LogP contribution in [0.2, 0.25) is 0 Å². The van der Waals surface area contributed by atoms with Gasteiger partial charge >= 0.3 is 6.09 Å². The van der Waals surface area contributed by atoms with Crippen molar-refractivity contribution in [2.75, 3.05) is 18.8 Å². The lowest BCUT2D eigenvalue weighted by Gasteiger charge is -2.43. The first-order valence-electron chi connectivity index (χ1n) is 8.72. The van der Waals surface area contributed by atoms with Gasteiger partial charge in [0.15, 0.2) is 0 Å². The van der Waals surface area contributed by atoms with Gasteiger partial charge in [-0.25, -0.2) is 4.79 Å². The molecule has 2 aliphatic heterocycles. The molecule has 0 spiro atoms. The molecule has 2 aromatic rings. The number of hydrogen-bond acceptors (Lipinski definition) is 5. The summed E-state index contributed by atoms with van der Waals surface area (Å²) in [6.45, 7) is 0.792. The number of likely N-dealkylation sites (tertiary alicyclic amines) is 1. The van der Waals surface area contributed by atoms with Crippen LogP contribution in [-0.4, -0.2) is 51.3 Å². The summed E-state index contributed by atoms with van der Waals surface area (Å²) in [6, 6.07) is 12.9. The van der Waals surface area contributed by atoms with E-state index < -0.39 is 11.6 Å². The molecule has 27 heavy (non-hydrogen) atoms. The van der Waals surface area contributed by atoms with Gasteiger partial charge in [-0.05, 0) is 23.8 Å². The number of hydrogen-bond donors (Lipinski definition) is 3. The molecular weight excluding hydrogens is 364 g/mol. The van der Waals surface area contributed by atoms with Crippen molar-refractivity contribution >= 4 is 23.8 Å². The fourth-order valence-electron chi connectivity index (χ4n) is 3.82. The van der Waals surface area contributed by atoms with Gasteiger partial charge < -0.3 is 15.3 Å². The lowest BCUT2D eigenvalue weighted by molar-refractivity contribution is 0.0931. The summed E-state index contributed by atoms with van der Waals surface area (Å²) in [4.78, 5) is 29.8. The monoisotopic (exact) mass is 384 g/mol. The first kappa shape index (κ1) is 17.8. The molecule has 2 fully saturated rings. The van der Waals surface area contributed by atoms with Gasteiger partial charge in [-0.15, -0.1) is 11.8 Å². The van der Waals surface area contributed by atoms with Crippen molar-refractivity contribution in [3.05, 3.63) is 66.0 Å². The molecule has 0 saturated carbocycles. The normalized spacial score (nSPS) is 27.0. The maximum atomic E-state index is 12.5. The molecule has 0 radical (unpaired) electrons. The molecule has 2 amide bonds. The Hall–Kier alpha value is -2.58. The fraction of sp³-hybridized carbons (Fsp3) is 0.316. The molecule has 7 nitrogen and oxygen atoms in total. The molecule has 1 aromatic carbocycles. The van der Waals surface area contributed by atoms with E-state index in [4.69, 9.17) is 0 Å². The Morgan fingerprint density at radius 2 is 2.07 bits per heavy atom. The Kier molecular flexibility index (Phi) is 4.75. The van der Waals surface area contributed by atoms with Crippen LogP contribution >= 0.6 is 11.8 Å². The summed E-state index contributed by atoms with van der Waals surface area (Å²) in [7, 11) is 0. The van der Waals surface area contributed by atoms with Crippen LogP contribution in [0.4, 0.5) is 4.79 Å². The van der Waals surface area contributed by atoms with Gasteiger partial charge in [-0.1, -0.05) is 24.3 Å². The van der Waals surface area contributed by atoms with Crippen LogP contribution in [0, 0.1) is 5.92 Å². The van der Waals surface area contributed by atoms with Crippen molar-refractivity contribution in [1.29, 1.82) is 0 Å². The van der Waals surface area contributed by atoms with E-state index >= 15 is 0 Å². The van der Waals surface area contributed by atoms with E-state index in [1.54, 1.807) is 36.3 Å². The largest absolute Gasteiger partial charge is 0.465 e. The van der Waals surface area contributed by atoms with Crippen molar-refractivity contribution in [3.8, 4) is 0 Å². The third kappa shape index (κ3) is 3.38. The highest BCUT2D eigenvalue weighted by molar-refractivity contribution is 7.99. The number of nitrogens with one attached hydrogen (secondary N) is 2. The van der Waals surface area contributed by atoms with Crippen molar-refractivity contribution in [1.82, 2.24) is 20.5 Å². The second-order valence-corrected chi connectivity index (χ2v) is 7.91. The summed E-state index contributed by atoms with van der Waals surface area (Å²) in [5.41, 5.74) is 0.656. The number of nitrogens with zero attached hydrogens (tertiary/aromatic N) is 2. The smallest absolute Gasteiger partial charge is 0.407 e. The van der Waals surface area contributed by atoms with Gasteiger partial charge in [0.1, 0.15) is 5.50 Å². The summed E-state index contributed by atoms with van der Waals surface area (Å²) in [5, 5.41) is 16.0. The highest BCUT2D eigenvalue weighted by Crippen LogP contribution is 2.43. The maximum absolute atomic E-state index is 12.5. The third-order valence-electron chi connectivity index (χ3n) is 5.18. The Bertz CT molecular complexity index is 835. The van der Waals surface area contributed by atoms with Crippen LogP contribution in [0.5, 0.6) is 0 Å². The number of carbonyl (C=O) groups excluding carboxylic acids is 1. The Morgan fingerprint density at radius 3 is 2.78 bits per heavy atom. The molecule has 3 heterocycles. The first-order chi connectivity index (χ1) is 13.1. The summed E-state index contributed by atoms with van der Waals surface area (Å²) in [5.74, 6) is 0.687. The first-order valence-corrected chi connectivity index (χ1v) is 9.77. The summed E-state index contributed by atoms with van der Waals surface area (Å²) in [6.07, 6.45) is 2.55. The molecule has 8 heteroatoms. The van der Waals surface area contributed by atoms with Crippen LogP contribution < -0.4 is 10.6 Å². The quantitative estimate of drug-likeness (QED) is 0.749. The van der Waals surface area contributed by atoms with Gasteiger partial charge in [0, 0.05) is 42.7 Å². The lowest BCUT2D eigenvalue weighted by atomic mass is 9.82. The molecule has 3 N–H and O–H groups in total. The van der Waals surface area contributed by atoms with Gasteiger partial charge in [-0.2, -0.15) is 0 Å². The topological polar surface area (TPSA) is 94.6 Å². The van der Waals surface area contributed by atoms with E-state index in [9.17, 15) is 14.7 Å². The Balaban J connectivity index is 1.59. The average Bonchev–Trinajstić information content (AvgIpc) is 3.10. The maximum Gasteiger partial charge on any atom is 0.407 e. The zero-order valence-corrected chi connectivity index (χ0v) is 15.4. The number of benzene rings is 1. The predicted octanol–water partition coefficient (Wildman–Crippen LogP) is 1.94. The van der Waals surface area contributed by atoms with Crippen molar-refractivity contribution in [2.45, 2.75) is 11.0 Å². The number of pyridine rings is 1. The second-order valence-electron chi connectivity index (χ2n) is 6.77. The van der Waals surface area contributed by atoms with Crippen molar-refractivity contribution in [2.24, 2.45) is 5.92 Å². The van der Waals surface area contributed by atoms with Gasteiger partial charge in [0.25, 0.3) is 5.91 Å². The second kappa shape index (κ2) is 7.21. The van der Waals surface area contributed by atoms with Crippen LogP contribution in [0.25, 0.3) is 0 Å². The van der Waals surface area contributed by atoms with Crippen LogP contribution in [0.1, 0.15) is 15.9 Å². The SMILES string of the molecule is O=C(NC1N[C@@]2(c3cccnc3)CN(C(=O)O)C[C@H]2CS1)c1ccccc1. The summed E-state index contributed by atoms with van der Waals surface area (Å²) < 4.78 is 0. The zero-order valence-electron chi connectivity index (χ0n) is 14.5. The standard InChI is InChI=1S/C19H20N4O3S/c24-16(13-5-2-1-3-6-13)21-17-22-19(14-7-4-8-20-9-14)12-23(18(25)26)10-15(19)11-27-17/h1-9,15,17,22H,10-12H2,(H,21,24)(H,25,26)/t15-,17?,19+/m0/s1. The molecule has 3 atom stereocenters. The molecule has 2 saturated heterocycles. The fourth-order valence-corrected chi connectivity index (χ4v) is 5.11. The highest BCUT2D eigenvalue weighted by Gasteiger charge is 2.53. The number of carboxylic acid groups (broad SMARTS) is 1. The molecule has 1 unspecified atom stereocenters. The number of carbonyl (C=O) groups is 2. The van der Waals surface area contributed by atoms with Gasteiger partial charge in [0.2, 0.25) is 0 Å². The van der Waals surface area contributed by atoms with Crippen LogP contribution in [0.3, 0.4) is 0 Å². The van der Waals surface area contributed by atoms with Crippen molar-refractivity contribution in [3.63, 3.8) is 0 Å². The predicted molar refractivity (Wildman–Crippen MR) is 102 cm³/mol. The Labute approximate surface area is 161 Å². The van der Waals surface area contributed by atoms with E-state index in [0.29, 0.717) is 18.7 Å². The molecule has 140 valence electrons. The van der Waals surface area contributed by atoms with Crippen molar-refractivity contribution < 1.29 is 14.7 Å². The number of amides is 2. The number of rotatable bonds is 3. The molecule has 4 rings (SSSR count). The molecular formula is C19H20N4O3S.